The minimum Gasteiger partial charge on any atom is -0.486 e. The van der Waals surface area contributed by atoms with Crippen molar-refractivity contribution in [3.63, 3.8) is 0 Å². The number of ether oxygens (including phenoxy) is 2. The molecule has 0 aromatic heterocycles. The Kier molecular flexibility index (Phi) is 3.29. The van der Waals surface area contributed by atoms with Crippen LogP contribution in [0.2, 0.25) is 0 Å². The van der Waals surface area contributed by atoms with Gasteiger partial charge in [0.15, 0.2) is 11.5 Å². The van der Waals surface area contributed by atoms with E-state index >= 15 is 0 Å². The molecule has 0 aliphatic carbocycles. The molecular weight excluding hydrogens is 244 g/mol. The van der Waals surface area contributed by atoms with E-state index < -0.39 is 0 Å². The summed E-state index contributed by atoms with van der Waals surface area (Å²) in [6.45, 7) is 2.94. The lowest BCUT2D eigenvalue weighted by molar-refractivity contribution is 0.0742. The Balaban J connectivity index is 1.79. The van der Waals surface area contributed by atoms with E-state index in [0.29, 0.717) is 30.3 Å². The van der Waals surface area contributed by atoms with Gasteiger partial charge in [-0.1, -0.05) is 0 Å². The summed E-state index contributed by atoms with van der Waals surface area (Å²) in [6.07, 6.45) is 1.01. The fourth-order valence-corrected chi connectivity index (χ4v) is 2.52. The fraction of sp³-hybridized carbons (Fsp3) is 0.500. The first-order valence-corrected chi connectivity index (χ1v) is 6.63. The standard InChI is InChI=1S/C14H18N2O3/c1-16(11-4-5-15-9-11)14(17)10-2-3-12-13(8-10)19-7-6-18-12/h2-3,8,11,15H,4-7,9H2,1H3/t11-/m0/s1. The molecule has 1 aromatic carbocycles. The Bertz CT molecular complexity index is 484. The van der Waals surface area contributed by atoms with Crippen LogP contribution in [0.4, 0.5) is 0 Å². The molecule has 1 fully saturated rings. The monoisotopic (exact) mass is 262 g/mol. The molecule has 2 aliphatic heterocycles. The van der Waals surface area contributed by atoms with Crippen LogP contribution >= 0.6 is 0 Å². The average molecular weight is 262 g/mol. The number of carbonyl (C=O) groups is 1. The van der Waals surface area contributed by atoms with Crippen molar-refractivity contribution in [1.82, 2.24) is 10.2 Å². The molecule has 0 saturated carbocycles. The SMILES string of the molecule is CN(C(=O)c1ccc2c(c1)OCCO2)[C@H]1CCNC1. The van der Waals surface area contributed by atoms with Crippen LogP contribution in [0.25, 0.3) is 0 Å². The van der Waals surface area contributed by atoms with Crippen LogP contribution < -0.4 is 14.8 Å². The van der Waals surface area contributed by atoms with Crippen molar-refractivity contribution in [2.45, 2.75) is 12.5 Å². The number of rotatable bonds is 2. The number of fused-ring (bicyclic) bond motifs is 1. The molecule has 0 unspecified atom stereocenters. The predicted octanol–water partition coefficient (Wildman–Crippen LogP) is 0.892. The number of hydrogen-bond acceptors (Lipinski definition) is 4. The average Bonchev–Trinajstić information content (AvgIpc) is 2.99. The van der Waals surface area contributed by atoms with Gasteiger partial charge in [0.25, 0.3) is 5.91 Å². The van der Waals surface area contributed by atoms with Crippen molar-refractivity contribution in [1.29, 1.82) is 0 Å². The van der Waals surface area contributed by atoms with Crippen LogP contribution in [0.3, 0.4) is 0 Å². The highest BCUT2D eigenvalue weighted by atomic mass is 16.6. The normalized spacial score (nSPS) is 21.2. The number of carbonyl (C=O) groups excluding carboxylic acids is 1. The van der Waals surface area contributed by atoms with E-state index in [9.17, 15) is 4.79 Å². The molecule has 1 atom stereocenters. The molecule has 1 aromatic rings. The molecule has 0 radical (unpaired) electrons. The highest BCUT2D eigenvalue weighted by Gasteiger charge is 2.25. The number of hydrogen-bond donors (Lipinski definition) is 1. The summed E-state index contributed by atoms with van der Waals surface area (Å²) in [5.41, 5.74) is 0.652. The summed E-state index contributed by atoms with van der Waals surface area (Å²) in [5.74, 6) is 1.41. The Labute approximate surface area is 112 Å². The molecule has 102 valence electrons. The summed E-state index contributed by atoms with van der Waals surface area (Å²) >= 11 is 0. The van der Waals surface area contributed by atoms with Crippen molar-refractivity contribution in [3.8, 4) is 11.5 Å². The Morgan fingerprint density at radius 3 is 2.84 bits per heavy atom. The molecule has 3 rings (SSSR count). The van der Waals surface area contributed by atoms with Crippen molar-refractivity contribution in [3.05, 3.63) is 23.8 Å². The maximum Gasteiger partial charge on any atom is 0.254 e. The minimum atomic E-state index is 0.0330. The van der Waals surface area contributed by atoms with Crippen molar-refractivity contribution in [2.24, 2.45) is 0 Å². The molecule has 2 aliphatic rings. The maximum absolute atomic E-state index is 12.4. The van der Waals surface area contributed by atoms with Crippen LogP contribution in [0.15, 0.2) is 18.2 Å². The topological polar surface area (TPSA) is 50.8 Å². The summed E-state index contributed by atoms with van der Waals surface area (Å²) in [4.78, 5) is 14.2. The first-order valence-electron chi connectivity index (χ1n) is 6.63. The Morgan fingerprint density at radius 2 is 2.11 bits per heavy atom. The zero-order chi connectivity index (χ0) is 13.2. The van der Waals surface area contributed by atoms with E-state index in [1.54, 1.807) is 12.1 Å². The quantitative estimate of drug-likeness (QED) is 0.860. The van der Waals surface area contributed by atoms with Gasteiger partial charge in [0.2, 0.25) is 0 Å². The largest absolute Gasteiger partial charge is 0.486 e. The van der Waals surface area contributed by atoms with E-state index in [1.807, 2.05) is 18.0 Å². The van der Waals surface area contributed by atoms with Gasteiger partial charge < -0.3 is 19.7 Å². The van der Waals surface area contributed by atoms with E-state index in [-0.39, 0.29) is 11.9 Å². The highest BCUT2D eigenvalue weighted by molar-refractivity contribution is 5.95. The Hall–Kier alpha value is -1.75. The van der Waals surface area contributed by atoms with Gasteiger partial charge in [0, 0.05) is 25.2 Å². The number of likely N-dealkylation sites (N-methyl/N-ethyl adjacent to an activating group) is 1. The summed E-state index contributed by atoms with van der Waals surface area (Å²) in [6, 6.07) is 5.66. The number of amides is 1. The van der Waals surface area contributed by atoms with Crippen molar-refractivity contribution < 1.29 is 14.3 Å². The maximum atomic E-state index is 12.4. The van der Waals surface area contributed by atoms with Gasteiger partial charge in [-0.15, -0.1) is 0 Å². The molecule has 5 heteroatoms. The second-order valence-electron chi connectivity index (χ2n) is 4.92. The molecule has 5 nitrogen and oxygen atoms in total. The zero-order valence-electron chi connectivity index (χ0n) is 11.0. The van der Waals surface area contributed by atoms with Crippen LogP contribution in [-0.4, -0.2) is 50.2 Å². The van der Waals surface area contributed by atoms with E-state index in [0.717, 1.165) is 19.5 Å². The van der Waals surface area contributed by atoms with Crippen LogP contribution in [-0.2, 0) is 0 Å². The number of nitrogens with one attached hydrogen (secondary N) is 1. The van der Waals surface area contributed by atoms with Gasteiger partial charge in [-0.05, 0) is 31.2 Å². The minimum absolute atomic E-state index is 0.0330. The molecule has 2 heterocycles. The first kappa shape index (κ1) is 12.3. The first-order chi connectivity index (χ1) is 9.25. The zero-order valence-corrected chi connectivity index (χ0v) is 11.0. The number of nitrogens with zero attached hydrogens (tertiary/aromatic N) is 1. The second kappa shape index (κ2) is 5.09. The summed E-state index contributed by atoms with van der Waals surface area (Å²) in [7, 11) is 1.86. The lowest BCUT2D eigenvalue weighted by atomic mass is 10.1. The predicted molar refractivity (Wildman–Crippen MR) is 70.8 cm³/mol. The molecular formula is C14H18N2O3. The van der Waals surface area contributed by atoms with Crippen LogP contribution in [0, 0.1) is 0 Å². The van der Waals surface area contributed by atoms with Crippen molar-refractivity contribution in [2.75, 3.05) is 33.4 Å². The highest BCUT2D eigenvalue weighted by Crippen LogP contribution is 2.31. The molecule has 1 N–H and O–H groups in total. The second-order valence-corrected chi connectivity index (χ2v) is 4.92. The third-order valence-corrected chi connectivity index (χ3v) is 3.69. The fourth-order valence-electron chi connectivity index (χ4n) is 2.52. The van der Waals surface area contributed by atoms with Gasteiger partial charge in [-0.3, -0.25) is 4.79 Å². The summed E-state index contributed by atoms with van der Waals surface area (Å²) in [5, 5.41) is 3.27. The molecule has 0 spiro atoms. The lowest BCUT2D eigenvalue weighted by Crippen LogP contribution is -2.38. The van der Waals surface area contributed by atoms with Crippen LogP contribution in [0.1, 0.15) is 16.8 Å². The van der Waals surface area contributed by atoms with Crippen molar-refractivity contribution >= 4 is 5.91 Å². The number of benzene rings is 1. The molecule has 1 amide bonds. The summed E-state index contributed by atoms with van der Waals surface area (Å²) < 4.78 is 11.0. The third kappa shape index (κ3) is 2.38. The van der Waals surface area contributed by atoms with Gasteiger partial charge >= 0.3 is 0 Å². The lowest BCUT2D eigenvalue weighted by Gasteiger charge is -2.25. The molecule has 1 saturated heterocycles. The van der Waals surface area contributed by atoms with Gasteiger partial charge in [0.05, 0.1) is 0 Å². The Morgan fingerprint density at radius 1 is 1.32 bits per heavy atom. The van der Waals surface area contributed by atoms with Gasteiger partial charge in [-0.2, -0.15) is 0 Å². The third-order valence-electron chi connectivity index (χ3n) is 3.69. The van der Waals surface area contributed by atoms with E-state index in [4.69, 9.17) is 9.47 Å². The van der Waals surface area contributed by atoms with E-state index in [1.165, 1.54) is 0 Å². The van der Waals surface area contributed by atoms with Gasteiger partial charge in [0.1, 0.15) is 13.2 Å². The van der Waals surface area contributed by atoms with Crippen LogP contribution in [0.5, 0.6) is 11.5 Å². The molecule has 19 heavy (non-hydrogen) atoms. The molecule has 0 bridgehead atoms. The van der Waals surface area contributed by atoms with E-state index in [2.05, 4.69) is 5.32 Å². The van der Waals surface area contributed by atoms with Gasteiger partial charge in [-0.25, -0.2) is 0 Å². The smallest absolute Gasteiger partial charge is 0.254 e.